The Kier molecular flexibility index (Phi) is 4.07. The first-order chi connectivity index (χ1) is 13.9. The lowest BCUT2D eigenvalue weighted by Gasteiger charge is -2.32. The van der Waals surface area contributed by atoms with Gasteiger partial charge in [0.05, 0.1) is 31.0 Å². The normalized spacial score (nSPS) is 32.7. The van der Waals surface area contributed by atoms with Gasteiger partial charge in [0.1, 0.15) is 5.60 Å². The minimum Gasteiger partial charge on any atom is -0.360 e. The van der Waals surface area contributed by atoms with Gasteiger partial charge in [-0.25, -0.2) is 0 Å². The number of ether oxygens (including phenoxy) is 1. The number of aryl methyl sites for hydroxylation is 2. The van der Waals surface area contributed by atoms with Gasteiger partial charge in [0, 0.05) is 19.6 Å². The Labute approximate surface area is 169 Å². The molecule has 1 spiro atoms. The molecule has 4 atom stereocenters. The lowest BCUT2D eigenvalue weighted by molar-refractivity contribution is -0.146. The fraction of sp³-hybridized carbons (Fsp3) is 0.500. The molecule has 4 heterocycles. The summed E-state index contributed by atoms with van der Waals surface area (Å²) in [4.78, 5) is 41.7. The van der Waals surface area contributed by atoms with Gasteiger partial charge in [-0.2, -0.15) is 0 Å². The van der Waals surface area contributed by atoms with E-state index in [0.717, 1.165) is 5.56 Å². The molecule has 4 aliphatic rings. The molecule has 1 N–H and O–H groups in total. The number of nitrogens with zero attached hydrogens (tertiary/aromatic N) is 2. The molecule has 0 radical (unpaired) electrons. The van der Waals surface area contributed by atoms with Gasteiger partial charge in [-0.1, -0.05) is 30.4 Å². The molecule has 5 rings (SSSR count). The van der Waals surface area contributed by atoms with Crippen LogP contribution >= 0.6 is 0 Å². The van der Waals surface area contributed by atoms with Crippen molar-refractivity contribution >= 4 is 17.7 Å². The maximum absolute atomic E-state index is 13.4. The number of likely N-dealkylation sites (tertiary alicyclic amines) is 1. The number of piperazine rings is 1. The van der Waals surface area contributed by atoms with Gasteiger partial charge in [-0.3, -0.25) is 14.4 Å². The number of carbonyl (C=O) groups is 3. The topological polar surface area (TPSA) is 79.0 Å². The summed E-state index contributed by atoms with van der Waals surface area (Å²) in [6.45, 7) is 6.06. The molecule has 2 bridgehead atoms. The van der Waals surface area contributed by atoms with E-state index < -0.39 is 17.4 Å². The number of benzene rings is 1. The molecule has 3 amide bonds. The van der Waals surface area contributed by atoms with Gasteiger partial charge in [0.15, 0.2) is 0 Å². The minimum absolute atomic E-state index is 0.0325. The van der Waals surface area contributed by atoms with Crippen LogP contribution in [-0.4, -0.2) is 65.4 Å². The van der Waals surface area contributed by atoms with Crippen LogP contribution < -0.4 is 5.32 Å². The van der Waals surface area contributed by atoms with Crippen LogP contribution in [0.1, 0.15) is 16.7 Å². The third-order valence-electron chi connectivity index (χ3n) is 6.76. The predicted octanol–water partition coefficient (Wildman–Crippen LogP) is 0.544. The molecular formula is C22H25N3O4. The minimum atomic E-state index is -0.722. The average molecular weight is 395 g/mol. The molecule has 1 aromatic carbocycles. The number of nitrogens with one attached hydrogen (secondary N) is 1. The molecule has 0 aromatic heterocycles. The second kappa shape index (κ2) is 6.42. The Morgan fingerprint density at radius 3 is 2.86 bits per heavy atom. The van der Waals surface area contributed by atoms with Crippen LogP contribution in [0.3, 0.4) is 0 Å². The molecule has 29 heavy (non-hydrogen) atoms. The van der Waals surface area contributed by atoms with E-state index in [1.54, 1.807) is 4.90 Å². The number of rotatable bonds is 3. The summed E-state index contributed by atoms with van der Waals surface area (Å²) in [5, 5.41) is 2.73. The summed E-state index contributed by atoms with van der Waals surface area (Å²) >= 11 is 0. The first-order valence-corrected chi connectivity index (χ1v) is 10.2. The van der Waals surface area contributed by atoms with Crippen molar-refractivity contribution in [2.24, 2.45) is 11.8 Å². The number of hydrogen-bond acceptors (Lipinski definition) is 4. The summed E-state index contributed by atoms with van der Waals surface area (Å²) in [5.41, 5.74) is 2.77. The highest BCUT2D eigenvalue weighted by molar-refractivity contribution is 5.94. The summed E-state index contributed by atoms with van der Waals surface area (Å²) in [7, 11) is 0. The van der Waals surface area contributed by atoms with Gasteiger partial charge >= 0.3 is 0 Å². The van der Waals surface area contributed by atoms with Crippen molar-refractivity contribution in [3.8, 4) is 0 Å². The van der Waals surface area contributed by atoms with E-state index in [1.807, 2.05) is 23.1 Å². The van der Waals surface area contributed by atoms with Crippen LogP contribution in [0.2, 0.25) is 0 Å². The lowest BCUT2D eigenvalue weighted by Crippen LogP contribution is -2.54. The SMILES string of the molecule is Cc1ccc(CN2C[C@]34C=C[C@H](O3)[C@@H](C(=O)N3CCNC(=O)C3)[C@@H]4C2=O)cc1C. The predicted molar refractivity (Wildman–Crippen MR) is 105 cm³/mol. The van der Waals surface area contributed by atoms with Crippen LogP contribution in [0, 0.1) is 25.7 Å². The maximum atomic E-state index is 13.4. The zero-order valence-electron chi connectivity index (χ0n) is 16.7. The highest BCUT2D eigenvalue weighted by atomic mass is 16.5. The largest absolute Gasteiger partial charge is 0.360 e. The lowest BCUT2D eigenvalue weighted by atomic mass is 9.76. The van der Waals surface area contributed by atoms with E-state index >= 15 is 0 Å². The molecule has 7 nitrogen and oxygen atoms in total. The zero-order chi connectivity index (χ0) is 20.3. The monoisotopic (exact) mass is 395 g/mol. The van der Waals surface area contributed by atoms with Crippen LogP contribution in [0.15, 0.2) is 30.4 Å². The highest BCUT2D eigenvalue weighted by Crippen LogP contribution is 2.52. The van der Waals surface area contributed by atoms with Crippen molar-refractivity contribution < 1.29 is 19.1 Å². The highest BCUT2D eigenvalue weighted by Gasteiger charge is 2.67. The summed E-state index contributed by atoms with van der Waals surface area (Å²) in [5.74, 6) is -1.41. The van der Waals surface area contributed by atoms with Gasteiger partial charge in [-0.05, 0) is 30.5 Å². The van der Waals surface area contributed by atoms with Crippen LogP contribution in [-0.2, 0) is 25.7 Å². The average Bonchev–Trinajstić information content (AvgIpc) is 3.33. The Hall–Kier alpha value is -2.67. The first kappa shape index (κ1) is 18.4. The van der Waals surface area contributed by atoms with E-state index in [9.17, 15) is 14.4 Å². The molecule has 152 valence electrons. The second-order valence-corrected chi connectivity index (χ2v) is 8.62. The molecular weight excluding hydrogens is 370 g/mol. The summed E-state index contributed by atoms with van der Waals surface area (Å²) < 4.78 is 6.19. The number of hydrogen-bond donors (Lipinski definition) is 1. The van der Waals surface area contributed by atoms with Crippen molar-refractivity contribution in [1.29, 1.82) is 0 Å². The second-order valence-electron chi connectivity index (χ2n) is 8.62. The number of fused-ring (bicyclic) bond motifs is 1. The number of carbonyl (C=O) groups excluding carboxylic acids is 3. The third-order valence-corrected chi connectivity index (χ3v) is 6.76. The fourth-order valence-electron chi connectivity index (χ4n) is 5.15. The van der Waals surface area contributed by atoms with E-state index in [-0.39, 0.29) is 30.4 Å². The Bertz CT molecular complexity index is 942. The quantitative estimate of drug-likeness (QED) is 0.758. The smallest absolute Gasteiger partial charge is 0.239 e. The van der Waals surface area contributed by atoms with Crippen LogP contribution in [0.25, 0.3) is 0 Å². The first-order valence-electron chi connectivity index (χ1n) is 10.2. The molecule has 3 fully saturated rings. The molecule has 0 unspecified atom stereocenters. The third kappa shape index (κ3) is 2.79. The Morgan fingerprint density at radius 1 is 1.28 bits per heavy atom. The molecule has 4 aliphatic heterocycles. The van der Waals surface area contributed by atoms with Gasteiger partial charge in [0.2, 0.25) is 17.7 Å². The summed E-state index contributed by atoms with van der Waals surface area (Å²) in [6.07, 6.45) is 3.49. The Morgan fingerprint density at radius 2 is 2.10 bits per heavy atom. The van der Waals surface area contributed by atoms with Crippen molar-refractivity contribution in [3.63, 3.8) is 0 Å². The fourth-order valence-corrected chi connectivity index (χ4v) is 5.15. The molecule has 1 aromatic rings. The van der Waals surface area contributed by atoms with Crippen molar-refractivity contribution in [3.05, 3.63) is 47.0 Å². The molecule has 7 heteroatoms. The van der Waals surface area contributed by atoms with E-state index in [2.05, 4.69) is 31.3 Å². The molecule has 0 saturated carbocycles. The van der Waals surface area contributed by atoms with Crippen molar-refractivity contribution in [2.75, 3.05) is 26.2 Å². The van der Waals surface area contributed by atoms with E-state index in [4.69, 9.17) is 4.74 Å². The van der Waals surface area contributed by atoms with E-state index in [1.165, 1.54) is 11.1 Å². The number of amides is 3. The van der Waals surface area contributed by atoms with Gasteiger partial charge in [0.25, 0.3) is 0 Å². The molecule has 3 saturated heterocycles. The Balaban J connectivity index is 1.39. The maximum Gasteiger partial charge on any atom is 0.239 e. The van der Waals surface area contributed by atoms with E-state index in [0.29, 0.717) is 26.2 Å². The standard InChI is InChI=1S/C22H25N3O4/c1-13-3-4-15(9-14(13)2)10-25-12-22-6-5-16(29-22)18(19(22)21(25)28)20(27)24-8-7-23-17(26)11-24/h3-6,9,16,18-19H,7-8,10-12H2,1-2H3,(H,23,26)/t16-,18+,19+,22-/m0/s1. The van der Waals surface area contributed by atoms with Crippen molar-refractivity contribution in [1.82, 2.24) is 15.1 Å². The summed E-state index contributed by atoms with van der Waals surface area (Å²) in [6, 6.07) is 6.22. The van der Waals surface area contributed by atoms with Crippen LogP contribution in [0.5, 0.6) is 0 Å². The van der Waals surface area contributed by atoms with Crippen molar-refractivity contribution in [2.45, 2.75) is 32.1 Å². The van der Waals surface area contributed by atoms with Gasteiger partial charge < -0.3 is 19.9 Å². The van der Waals surface area contributed by atoms with Crippen LogP contribution in [0.4, 0.5) is 0 Å². The van der Waals surface area contributed by atoms with Gasteiger partial charge in [-0.15, -0.1) is 0 Å². The zero-order valence-corrected chi connectivity index (χ0v) is 16.7. The molecule has 0 aliphatic carbocycles.